The van der Waals surface area contributed by atoms with Gasteiger partial charge >= 0.3 is 0 Å². The fourth-order valence-electron chi connectivity index (χ4n) is 2.21. The van der Waals surface area contributed by atoms with E-state index in [1.807, 2.05) is 6.92 Å². The molecule has 0 spiro atoms. The molecule has 0 heterocycles. The lowest BCUT2D eigenvalue weighted by molar-refractivity contribution is -0.126. The van der Waals surface area contributed by atoms with E-state index in [2.05, 4.69) is 5.32 Å². The van der Waals surface area contributed by atoms with Crippen LogP contribution in [0.4, 0.5) is 0 Å². The van der Waals surface area contributed by atoms with Crippen LogP contribution in [0.1, 0.15) is 45.4 Å². The predicted octanol–water partition coefficient (Wildman–Crippen LogP) is 0.781. The molecule has 1 aliphatic carbocycles. The zero-order valence-electron chi connectivity index (χ0n) is 10.1. The number of nitrogens with one attached hydrogen (secondary N) is 1. The van der Waals surface area contributed by atoms with Gasteiger partial charge in [-0.15, -0.1) is 0 Å². The Morgan fingerprint density at radius 1 is 1.44 bits per heavy atom. The fourth-order valence-corrected chi connectivity index (χ4v) is 2.21. The number of rotatable bonds is 5. The highest BCUT2D eigenvalue weighted by atomic mass is 16.2. The van der Waals surface area contributed by atoms with Gasteiger partial charge in [0.15, 0.2) is 0 Å². The Morgan fingerprint density at radius 3 is 2.62 bits per heavy atom. The molecule has 1 aliphatic rings. The van der Waals surface area contributed by atoms with Crippen LogP contribution in [-0.2, 0) is 4.79 Å². The van der Waals surface area contributed by atoms with Crippen molar-refractivity contribution < 1.29 is 9.90 Å². The molecule has 1 rings (SSSR count). The lowest BCUT2D eigenvalue weighted by atomic mass is 9.86. The maximum absolute atomic E-state index is 11.9. The maximum atomic E-state index is 11.9. The van der Waals surface area contributed by atoms with Crippen LogP contribution in [-0.4, -0.2) is 29.7 Å². The van der Waals surface area contributed by atoms with E-state index in [0.717, 1.165) is 38.5 Å². The third-order valence-electron chi connectivity index (χ3n) is 3.33. The van der Waals surface area contributed by atoms with Crippen molar-refractivity contribution in [2.24, 2.45) is 11.7 Å². The third-order valence-corrected chi connectivity index (χ3v) is 3.33. The minimum atomic E-state index is 0.149. The van der Waals surface area contributed by atoms with E-state index in [4.69, 9.17) is 10.8 Å². The standard InChI is InChI=1S/C12H24N2O2/c1-9(3-2-8-15)14-12(16)10-4-6-11(13)7-5-10/h9-11,15H,2-8,13H2,1H3,(H,14,16). The van der Waals surface area contributed by atoms with Gasteiger partial charge in [0.05, 0.1) is 0 Å². The molecule has 16 heavy (non-hydrogen) atoms. The van der Waals surface area contributed by atoms with Gasteiger partial charge in [-0.25, -0.2) is 0 Å². The minimum Gasteiger partial charge on any atom is -0.396 e. The van der Waals surface area contributed by atoms with Crippen molar-refractivity contribution in [1.29, 1.82) is 0 Å². The Kier molecular flexibility index (Phi) is 5.77. The molecule has 0 aromatic heterocycles. The zero-order valence-corrected chi connectivity index (χ0v) is 10.1. The number of hydrogen-bond acceptors (Lipinski definition) is 3. The number of hydrogen-bond donors (Lipinski definition) is 3. The molecule has 0 bridgehead atoms. The second-order valence-electron chi connectivity index (χ2n) is 4.89. The summed E-state index contributed by atoms with van der Waals surface area (Å²) in [6.07, 6.45) is 5.34. The number of aliphatic hydroxyl groups excluding tert-OH is 1. The number of nitrogens with two attached hydrogens (primary N) is 1. The molecule has 1 amide bonds. The zero-order chi connectivity index (χ0) is 12.0. The molecular formula is C12H24N2O2. The lowest BCUT2D eigenvalue weighted by Gasteiger charge is -2.26. The van der Waals surface area contributed by atoms with E-state index in [1.165, 1.54) is 0 Å². The first-order valence-electron chi connectivity index (χ1n) is 6.30. The van der Waals surface area contributed by atoms with Gasteiger partial charge in [0.2, 0.25) is 5.91 Å². The van der Waals surface area contributed by atoms with Crippen molar-refractivity contribution >= 4 is 5.91 Å². The van der Waals surface area contributed by atoms with Gasteiger partial charge in [0.1, 0.15) is 0 Å². The molecule has 1 atom stereocenters. The SMILES string of the molecule is CC(CCCO)NC(=O)C1CCC(N)CC1. The van der Waals surface area contributed by atoms with Gasteiger partial charge in [-0.05, 0) is 45.4 Å². The van der Waals surface area contributed by atoms with Crippen LogP contribution in [0, 0.1) is 5.92 Å². The van der Waals surface area contributed by atoms with Crippen molar-refractivity contribution in [1.82, 2.24) is 5.32 Å². The normalized spacial score (nSPS) is 27.4. The van der Waals surface area contributed by atoms with Gasteiger partial charge in [-0.1, -0.05) is 0 Å². The first kappa shape index (κ1) is 13.5. The first-order chi connectivity index (χ1) is 7.63. The van der Waals surface area contributed by atoms with Crippen molar-refractivity contribution in [2.45, 2.75) is 57.5 Å². The van der Waals surface area contributed by atoms with E-state index < -0.39 is 0 Å². The summed E-state index contributed by atoms with van der Waals surface area (Å²) in [6, 6.07) is 0.450. The van der Waals surface area contributed by atoms with Gasteiger partial charge in [0, 0.05) is 24.6 Å². The van der Waals surface area contributed by atoms with Crippen LogP contribution in [0.3, 0.4) is 0 Å². The Labute approximate surface area is 97.6 Å². The van der Waals surface area contributed by atoms with Crippen LogP contribution >= 0.6 is 0 Å². The molecule has 0 aromatic carbocycles. The summed E-state index contributed by atoms with van der Waals surface area (Å²) >= 11 is 0. The molecule has 4 nitrogen and oxygen atoms in total. The molecule has 1 saturated carbocycles. The molecule has 4 heteroatoms. The van der Waals surface area contributed by atoms with Crippen molar-refractivity contribution in [3.63, 3.8) is 0 Å². The Bertz CT molecular complexity index is 213. The highest BCUT2D eigenvalue weighted by molar-refractivity contribution is 5.78. The molecule has 0 aliphatic heterocycles. The Morgan fingerprint density at radius 2 is 2.06 bits per heavy atom. The third kappa shape index (κ3) is 4.49. The maximum Gasteiger partial charge on any atom is 0.223 e. The minimum absolute atomic E-state index is 0.149. The summed E-state index contributed by atoms with van der Waals surface area (Å²) in [7, 11) is 0. The molecule has 0 radical (unpaired) electrons. The summed E-state index contributed by atoms with van der Waals surface area (Å²) in [4.78, 5) is 11.9. The first-order valence-corrected chi connectivity index (χ1v) is 6.30. The van der Waals surface area contributed by atoms with Crippen LogP contribution in [0.15, 0.2) is 0 Å². The second-order valence-corrected chi connectivity index (χ2v) is 4.89. The summed E-state index contributed by atoms with van der Waals surface area (Å²) < 4.78 is 0. The molecule has 0 saturated heterocycles. The van der Waals surface area contributed by atoms with Crippen molar-refractivity contribution in [3.05, 3.63) is 0 Å². The van der Waals surface area contributed by atoms with E-state index >= 15 is 0 Å². The van der Waals surface area contributed by atoms with Crippen LogP contribution < -0.4 is 11.1 Å². The summed E-state index contributed by atoms with van der Waals surface area (Å²) in [6.45, 7) is 2.18. The quantitative estimate of drug-likeness (QED) is 0.651. The highest BCUT2D eigenvalue weighted by Gasteiger charge is 2.25. The molecule has 4 N–H and O–H groups in total. The monoisotopic (exact) mass is 228 g/mol. The average molecular weight is 228 g/mol. The molecular weight excluding hydrogens is 204 g/mol. The van der Waals surface area contributed by atoms with E-state index in [-0.39, 0.29) is 30.5 Å². The number of carbonyl (C=O) groups excluding carboxylic acids is 1. The molecule has 1 fully saturated rings. The Balaban J connectivity index is 2.23. The lowest BCUT2D eigenvalue weighted by Crippen LogP contribution is -2.40. The summed E-state index contributed by atoms with van der Waals surface area (Å²) in [5.41, 5.74) is 5.80. The van der Waals surface area contributed by atoms with Crippen molar-refractivity contribution in [3.8, 4) is 0 Å². The summed E-state index contributed by atoms with van der Waals surface area (Å²) in [5, 5.41) is 11.7. The number of carbonyl (C=O) groups is 1. The van der Waals surface area contributed by atoms with Gasteiger partial charge < -0.3 is 16.2 Å². The van der Waals surface area contributed by atoms with E-state index in [0.29, 0.717) is 0 Å². The Hall–Kier alpha value is -0.610. The molecule has 0 aromatic rings. The smallest absolute Gasteiger partial charge is 0.223 e. The summed E-state index contributed by atoms with van der Waals surface area (Å²) in [5.74, 6) is 0.314. The number of aliphatic hydroxyl groups is 1. The largest absolute Gasteiger partial charge is 0.396 e. The van der Waals surface area contributed by atoms with E-state index in [9.17, 15) is 4.79 Å². The van der Waals surface area contributed by atoms with Crippen LogP contribution in [0.2, 0.25) is 0 Å². The van der Waals surface area contributed by atoms with Gasteiger partial charge in [0.25, 0.3) is 0 Å². The van der Waals surface area contributed by atoms with Crippen molar-refractivity contribution in [2.75, 3.05) is 6.61 Å². The van der Waals surface area contributed by atoms with E-state index in [1.54, 1.807) is 0 Å². The highest BCUT2D eigenvalue weighted by Crippen LogP contribution is 2.23. The van der Waals surface area contributed by atoms with Gasteiger partial charge in [-0.3, -0.25) is 4.79 Å². The number of amides is 1. The fraction of sp³-hybridized carbons (Fsp3) is 0.917. The topological polar surface area (TPSA) is 75.3 Å². The molecule has 94 valence electrons. The molecule has 1 unspecified atom stereocenters. The van der Waals surface area contributed by atoms with Crippen LogP contribution in [0.5, 0.6) is 0 Å². The average Bonchev–Trinajstić information content (AvgIpc) is 2.27. The van der Waals surface area contributed by atoms with Crippen LogP contribution in [0.25, 0.3) is 0 Å². The second kappa shape index (κ2) is 6.86. The predicted molar refractivity (Wildman–Crippen MR) is 63.9 cm³/mol. The van der Waals surface area contributed by atoms with Gasteiger partial charge in [-0.2, -0.15) is 0 Å².